The Morgan fingerprint density at radius 2 is 1.53 bits per heavy atom. The number of fused-ring (bicyclic) bond motifs is 1. The molecule has 17 heteroatoms. The highest BCUT2D eigenvalue weighted by atomic mass is 32.2. The Morgan fingerprint density at radius 1 is 0.959 bits per heavy atom. The third-order valence-electron chi connectivity index (χ3n) is 8.56. The molecule has 0 radical (unpaired) electrons. The summed E-state index contributed by atoms with van der Waals surface area (Å²) in [6.45, 7) is 5.78. The fourth-order valence-electron chi connectivity index (χ4n) is 5.90. The van der Waals surface area contributed by atoms with Gasteiger partial charge in [0.2, 0.25) is 11.8 Å². The highest BCUT2D eigenvalue weighted by Crippen LogP contribution is 2.49. The summed E-state index contributed by atoms with van der Waals surface area (Å²) in [5.74, 6) is -2.05. The molecule has 0 saturated carbocycles. The van der Waals surface area contributed by atoms with Crippen LogP contribution in [0.5, 0.6) is 0 Å². The van der Waals surface area contributed by atoms with E-state index >= 15 is 0 Å². The number of thioether (sulfide) groups is 1. The summed E-state index contributed by atoms with van der Waals surface area (Å²) in [5, 5.41) is 21.6. The second kappa shape index (κ2) is 15.0. The average Bonchev–Trinajstić information content (AvgIpc) is 3.40. The van der Waals surface area contributed by atoms with E-state index in [1.54, 1.807) is 11.8 Å². The molecule has 2 aromatic rings. The molecule has 2 saturated heterocycles. The Hall–Kier alpha value is -5.03. The fourth-order valence-corrected chi connectivity index (χ4v) is 7.23. The van der Waals surface area contributed by atoms with E-state index in [9.17, 15) is 39.4 Å². The van der Waals surface area contributed by atoms with Crippen molar-refractivity contribution in [1.29, 1.82) is 0 Å². The number of hydrogen-bond acceptors (Lipinski definition) is 13. The predicted molar refractivity (Wildman–Crippen MR) is 172 cm³/mol. The molecular formula is C32H34N4O12S. The van der Waals surface area contributed by atoms with Crippen molar-refractivity contribution in [2.45, 2.75) is 63.9 Å². The highest BCUT2D eigenvalue weighted by molar-refractivity contribution is 8.03. The first kappa shape index (κ1) is 35.3. The van der Waals surface area contributed by atoms with Gasteiger partial charge < -0.3 is 28.7 Å². The first-order valence-corrected chi connectivity index (χ1v) is 16.3. The van der Waals surface area contributed by atoms with Gasteiger partial charge in [0.1, 0.15) is 25.0 Å². The summed E-state index contributed by atoms with van der Waals surface area (Å²) in [5.41, 5.74) is 0.864. The lowest BCUT2D eigenvalue weighted by Gasteiger charge is -2.45. The minimum atomic E-state index is -1.03. The van der Waals surface area contributed by atoms with Crippen LogP contribution < -0.4 is 0 Å². The number of morpholine rings is 1. The van der Waals surface area contributed by atoms with Gasteiger partial charge in [-0.1, -0.05) is 6.92 Å². The van der Waals surface area contributed by atoms with Gasteiger partial charge in [-0.15, -0.1) is 11.8 Å². The van der Waals surface area contributed by atoms with Crippen molar-refractivity contribution in [3.63, 3.8) is 0 Å². The van der Waals surface area contributed by atoms with Crippen LogP contribution in [0.1, 0.15) is 38.3 Å². The van der Waals surface area contributed by atoms with Crippen LogP contribution in [0.4, 0.5) is 16.2 Å². The van der Waals surface area contributed by atoms with Crippen molar-refractivity contribution >= 4 is 47.1 Å². The summed E-state index contributed by atoms with van der Waals surface area (Å²) in [6, 6.07) is 10.5. The van der Waals surface area contributed by atoms with Gasteiger partial charge in [-0.3, -0.25) is 29.8 Å². The Labute approximate surface area is 284 Å². The second-order valence-corrected chi connectivity index (χ2v) is 13.2. The number of nitro benzene ring substituents is 2. The van der Waals surface area contributed by atoms with Crippen LogP contribution in [-0.2, 0) is 46.5 Å². The monoisotopic (exact) mass is 698 g/mol. The largest absolute Gasteiger partial charge is 0.508 e. The summed E-state index contributed by atoms with van der Waals surface area (Å²) >= 11 is 1.35. The van der Waals surface area contributed by atoms with Crippen LogP contribution in [0.15, 0.2) is 59.1 Å². The molecular weight excluding hydrogens is 664 g/mol. The lowest BCUT2D eigenvalue weighted by atomic mass is 9.83. The molecule has 0 N–H and O–H groups in total. The zero-order valence-corrected chi connectivity index (χ0v) is 27.7. The molecule has 16 nitrogen and oxygen atoms in total. The molecule has 0 bridgehead atoms. The SMILES string of the molecule is CC(=O)N1CCOC(C(C)SC2=C(C(=O)OCc3ccc([N+](=O)[O-])cc3)N3C(=O)C(C(C)OC(=O)OCc4ccc([N+](=O)[O-])cc4)[C@H]3C2)C1. The van der Waals surface area contributed by atoms with Crippen LogP contribution in [-0.4, -0.2) is 86.8 Å². The number of hydrogen-bond donors (Lipinski definition) is 0. The second-order valence-electron chi connectivity index (χ2n) is 11.8. The summed E-state index contributed by atoms with van der Waals surface area (Å²) in [7, 11) is 0. The Balaban J connectivity index is 1.26. The van der Waals surface area contributed by atoms with Gasteiger partial charge in [0.05, 0.1) is 34.5 Å². The summed E-state index contributed by atoms with van der Waals surface area (Å²) < 4.78 is 22.1. The third-order valence-corrected chi connectivity index (χ3v) is 9.88. The molecule has 3 aliphatic heterocycles. The number of nitrogens with zero attached hydrogens (tertiary/aromatic N) is 4. The van der Waals surface area contributed by atoms with Crippen LogP contribution in [0, 0.1) is 26.1 Å². The molecule has 3 heterocycles. The standard InChI is InChI=1S/C32H34N4O12S/c1-18(48-32(40)47-17-22-6-10-24(11-7-22)36(43)44)28-25-14-27(49-19(2)26-15-33(20(3)37)12-13-45-26)29(34(25)30(28)38)31(39)46-16-21-4-8-23(9-5-21)35(41)42/h4-11,18-19,25-26,28H,12-17H2,1-3H3/t18?,19?,25-,26?,28?/m1/s1. The molecule has 0 aromatic heterocycles. The third kappa shape index (κ3) is 8.00. The Kier molecular flexibility index (Phi) is 10.8. The number of amides is 2. The van der Waals surface area contributed by atoms with E-state index in [1.165, 1.54) is 72.1 Å². The molecule has 2 fully saturated rings. The first-order chi connectivity index (χ1) is 23.3. The summed E-state index contributed by atoms with van der Waals surface area (Å²) in [6.07, 6.45) is -2.00. The topological polar surface area (TPSA) is 198 Å². The summed E-state index contributed by atoms with van der Waals surface area (Å²) in [4.78, 5) is 76.0. The van der Waals surface area contributed by atoms with Crippen molar-refractivity contribution < 1.29 is 48.0 Å². The number of rotatable bonds is 12. The van der Waals surface area contributed by atoms with Crippen molar-refractivity contribution in [3.05, 3.63) is 90.5 Å². The van der Waals surface area contributed by atoms with Gasteiger partial charge >= 0.3 is 12.1 Å². The lowest BCUT2D eigenvalue weighted by molar-refractivity contribution is -0.385. The smallest absolute Gasteiger partial charge is 0.456 e. The minimum Gasteiger partial charge on any atom is -0.456 e. The highest BCUT2D eigenvalue weighted by Gasteiger charge is 2.58. The molecule has 5 atom stereocenters. The van der Waals surface area contributed by atoms with E-state index in [-0.39, 0.29) is 54.0 Å². The van der Waals surface area contributed by atoms with Crippen LogP contribution in [0.3, 0.4) is 0 Å². The zero-order valence-electron chi connectivity index (χ0n) is 26.8. The number of β-lactam (4-membered cyclic amide) rings is 1. The Morgan fingerprint density at radius 3 is 2.08 bits per heavy atom. The number of benzene rings is 2. The number of non-ortho nitro benzene ring substituents is 2. The molecule has 260 valence electrons. The van der Waals surface area contributed by atoms with Gasteiger partial charge in [0, 0.05) is 60.9 Å². The molecule has 3 aliphatic rings. The normalized spacial score (nSPS) is 21.3. The molecule has 5 rings (SSSR count). The number of esters is 1. The minimum absolute atomic E-state index is 0.0668. The van der Waals surface area contributed by atoms with E-state index in [4.69, 9.17) is 18.9 Å². The van der Waals surface area contributed by atoms with Gasteiger partial charge in [0.25, 0.3) is 11.4 Å². The molecule has 2 aromatic carbocycles. The number of ether oxygens (including phenoxy) is 4. The van der Waals surface area contributed by atoms with Crippen molar-refractivity contribution in [3.8, 4) is 0 Å². The molecule has 0 spiro atoms. The van der Waals surface area contributed by atoms with E-state index in [0.29, 0.717) is 35.7 Å². The predicted octanol–water partition coefficient (Wildman–Crippen LogP) is 4.10. The van der Waals surface area contributed by atoms with E-state index < -0.39 is 45.9 Å². The molecule has 2 amide bonds. The quantitative estimate of drug-likeness (QED) is 0.133. The lowest BCUT2D eigenvalue weighted by Crippen LogP contribution is -2.62. The van der Waals surface area contributed by atoms with E-state index in [1.807, 2.05) is 6.92 Å². The van der Waals surface area contributed by atoms with Gasteiger partial charge in [-0.25, -0.2) is 9.59 Å². The van der Waals surface area contributed by atoms with E-state index in [2.05, 4.69) is 0 Å². The van der Waals surface area contributed by atoms with Crippen LogP contribution in [0.2, 0.25) is 0 Å². The molecule has 4 unspecified atom stereocenters. The van der Waals surface area contributed by atoms with Crippen LogP contribution in [0.25, 0.3) is 0 Å². The fraction of sp³-hybridized carbons (Fsp3) is 0.438. The average molecular weight is 699 g/mol. The van der Waals surface area contributed by atoms with Crippen molar-refractivity contribution in [2.24, 2.45) is 5.92 Å². The maximum absolute atomic E-state index is 13.5. The first-order valence-electron chi connectivity index (χ1n) is 15.4. The maximum atomic E-state index is 13.5. The number of nitro groups is 2. The molecule has 49 heavy (non-hydrogen) atoms. The van der Waals surface area contributed by atoms with Gasteiger partial charge in [-0.05, 0) is 42.3 Å². The Bertz CT molecular complexity index is 1660. The zero-order chi connectivity index (χ0) is 35.4. The maximum Gasteiger partial charge on any atom is 0.508 e. The number of carbonyl (C=O) groups is 4. The van der Waals surface area contributed by atoms with Gasteiger partial charge in [0.15, 0.2) is 0 Å². The van der Waals surface area contributed by atoms with Gasteiger partial charge in [-0.2, -0.15) is 0 Å². The molecule has 0 aliphatic carbocycles. The van der Waals surface area contributed by atoms with Crippen molar-refractivity contribution in [1.82, 2.24) is 9.80 Å². The van der Waals surface area contributed by atoms with Crippen LogP contribution >= 0.6 is 11.8 Å². The van der Waals surface area contributed by atoms with E-state index in [0.717, 1.165) is 0 Å². The van der Waals surface area contributed by atoms with Crippen molar-refractivity contribution in [2.75, 3.05) is 19.7 Å². The number of carbonyl (C=O) groups excluding carboxylic acids is 4.